The third-order valence-electron chi connectivity index (χ3n) is 4.46. The van der Waals surface area contributed by atoms with Crippen molar-refractivity contribution in [2.45, 2.75) is 19.5 Å². The quantitative estimate of drug-likeness (QED) is 0.265. The maximum absolute atomic E-state index is 14.5. The Hall–Kier alpha value is -3.23. The number of benzene rings is 3. The first kappa shape index (κ1) is 23.4. The van der Waals surface area contributed by atoms with E-state index in [0.29, 0.717) is 29.8 Å². The van der Waals surface area contributed by atoms with E-state index in [4.69, 9.17) is 4.74 Å². The molecule has 3 rings (SSSR count). The monoisotopic (exact) mass is 458 g/mol. The lowest BCUT2D eigenvalue weighted by atomic mass is 10.0. The van der Waals surface area contributed by atoms with Crippen LogP contribution in [0.2, 0.25) is 0 Å². The van der Waals surface area contributed by atoms with Crippen LogP contribution < -0.4 is 9.47 Å². The number of aryl methyl sites for hydroxylation is 1. The SMILES string of the molecule is Cc1ccc(-c2cc(F)c(C(F)(F)Oc3cc(F)c(OCCCF)c(F)c3)c(F)c2)cc1. The number of hydrogen-bond acceptors (Lipinski definition) is 2. The molecule has 0 heterocycles. The van der Waals surface area contributed by atoms with Gasteiger partial charge >= 0.3 is 6.11 Å². The number of rotatable bonds is 8. The number of alkyl halides is 3. The zero-order chi connectivity index (χ0) is 23.5. The molecule has 0 atom stereocenters. The van der Waals surface area contributed by atoms with Gasteiger partial charge < -0.3 is 9.47 Å². The number of hydrogen-bond donors (Lipinski definition) is 0. The predicted octanol–water partition coefficient (Wildman–Crippen LogP) is 7.09. The van der Waals surface area contributed by atoms with E-state index in [2.05, 4.69) is 4.74 Å². The number of halogens is 7. The van der Waals surface area contributed by atoms with Crippen molar-refractivity contribution in [3.8, 4) is 22.6 Å². The molecule has 0 spiro atoms. The minimum atomic E-state index is -4.59. The lowest BCUT2D eigenvalue weighted by molar-refractivity contribution is -0.189. The molecular weight excluding hydrogens is 441 g/mol. The van der Waals surface area contributed by atoms with Gasteiger partial charge in [0.1, 0.15) is 22.9 Å². The topological polar surface area (TPSA) is 18.5 Å². The molecule has 0 aliphatic carbocycles. The van der Waals surface area contributed by atoms with Gasteiger partial charge in [0.25, 0.3) is 0 Å². The summed E-state index contributed by atoms with van der Waals surface area (Å²) in [5, 5.41) is 0. The lowest BCUT2D eigenvalue weighted by Crippen LogP contribution is -2.25. The van der Waals surface area contributed by atoms with Gasteiger partial charge in [0.15, 0.2) is 17.4 Å². The minimum Gasteiger partial charge on any atom is -0.488 e. The molecule has 32 heavy (non-hydrogen) atoms. The summed E-state index contributed by atoms with van der Waals surface area (Å²) < 4.78 is 107. The van der Waals surface area contributed by atoms with Gasteiger partial charge in [-0.1, -0.05) is 29.8 Å². The second-order valence-electron chi connectivity index (χ2n) is 6.91. The Balaban J connectivity index is 1.88. The average molecular weight is 458 g/mol. The molecule has 0 unspecified atom stereocenters. The molecule has 2 nitrogen and oxygen atoms in total. The van der Waals surface area contributed by atoms with Crippen molar-refractivity contribution in [1.29, 1.82) is 0 Å². The third kappa shape index (κ3) is 5.15. The highest BCUT2D eigenvalue weighted by molar-refractivity contribution is 5.64. The van der Waals surface area contributed by atoms with Crippen LogP contribution in [0.15, 0.2) is 48.5 Å². The van der Waals surface area contributed by atoms with E-state index in [1.165, 1.54) is 0 Å². The van der Waals surface area contributed by atoms with E-state index in [1.807, 2.05) is 0 Å². The summed E-state index contributed by atoms with van der Waals surface area (Å²) in [6, 6.07) is 8.68. The zero-order valence-electron chi connectivity index (χ0n) is 16.7. The molecular formula is C23H17F7O2. The van der Waals surface area contributed by atoms with Crippen molar-refractivity contribution in [3.05, 3.63) is 82.9 Å². The van der Waals surface area contributed by atoms with Crippen LogP contribution in [0.3, 0.4) is 0 Å². The van der Waals surface area contributed by atoms with Crippen molar-refractivity contribution < 1.29 is 40.2 Å². The van der Waals surface area contributed by atoms with Crippen LogP contribution in [-0.4, -0.2) is 13.3 Å². The Labute approximate surface area is 179 Å². The molecule has 0 aliphatic rings. The van der Waals surface area contributed by atoms with Crippen molar-refractivity contribution in [1.82, 2.24) is 0 Å². The Morgan fingerprint density at radius 1 is 0.781 bits per heavy atom. The molecule has 0 radical (unpaired) electrons. The average Bonchev–Trinajstić information content (AvgIpc) is 2.69. The predicted molar refractivity (Wildman–Crippen MR) is 103 cm³/mol. The summed E-state index contributed by atoms with van der Waals surface area (Å²) in [6.45, 7) is 0.682. The molecule has 0 aromatic heterocycles. The van der Waals surface area contributed by atoms with Crippen LogP contribution in [0.25, 0.3) is 11.1 Å². The van der Waals surface area contributed by atoms with Gasteiger partial charge in [-0.3, -0.25) is 4.39 Å². The van der Waals surface area contributed by atoms with Gasteiger partial charge in [-0.2, -0.15) is 8.78 Å². The van der Waals surface area contributed by atoms with Crippen LogP contribution in [-0.2, 0) is 6.11 Å². The van der Waals surface area contributed by atoms with E-state index in [0.717, 1.165) is 5.56 Å². The van der Waals surface area contributed by atoms with E-state index in [1.54, 1.807) is 31.2 Å². The van der Waals surface area contributed by atoms with Gasteiger partial charge in [-0.05, 0) is 30.2 Å². The van der Waals surface area contributed by atoms with Crippen LogP contribution in [0, 0.1) is 30.2 Å². The van der Waals surface area contributed by atoms with Gasteiger partial charge in [-0.25, -0.2) is 17.6 Å². The highest BCUT2D eigenvalue weighted by Crippen LogP contribution is 2.38. The van der Waals surface area contributed by atoms with Gasteiger partial charge in [0.05, 0.1) is 13.3 Å². The van der Waals surface area contributed by atoms with Gasteiger partial charge in [0.2, 0.25) is 0 Å². The fourth-order valence-electron chi connectivity index (χ4n) is 2.93. The summed E-state index contributed by atoms with van der Waals surface area (Å²) in [6.07, 6.45) is -4.72. The van der Waals surface area contributed by atoms with E-state index >= 15 is 0 Å². The maximum Gasteiger partial charge on any atom is 0.432 e. The van der Waals surface area contributed by atoms with Crippen molar-refractivity contribution >= 4 is 0 Å². The van der Waals surface area contributed by atoms with Crippen LogP contribution in [0.5, 0.6) is 11.5 Å². The van der Waals surface area contributed by atoms with E-state index in [-0.39, 0.29) is 18.6 Å². The normalized spacial score (nSPS) is 11.5. The lowest BCUT2D eigenvalue weighted by Gasteiger charge is -2.20. The van der Waals surface area contributed by atoms with E-state index < -0.39 is 53.1 Å². The smallest absolute Gasteiger partial charge is 0.432 e. The zero-order valence-corrected chi connectivity index (χ0v) is 16.7. The van der Waals surface area contributed by atoms with Crippen LogP contribution in [0.1, 0.15) is 17.5 Å². The van der Waals surface area contributed by atoms with Gasteiger partial charge in [-0.15, -0.1) is 0 Å². The molecule has 0 amide bonds. The molecule has 3 aromatic rings. The molecule has 0 aliphatic heterocycles. The molecule has 0 saturated carbocycles. The molecule has 0 N–H and O–H groups in total. The Morgan fingerprint density at radius 3 is 1.88 bits per heavy atom. The number of ether oxygens (including phenoxy) is 2. The third-order valence-corrected chi connectivity index (χ3v) is 4.46. The molecule has 170 valence electrons. The standard InChI is InChI=1S/C23H17F7O2/c1-13-3-5-14(6-4-13)15-9-17(25)21(18(26)10-15)23(29,30)32-16-11-19(27)22(20(28)12-16)31-8-2-7-24/h3-6,9-12H,2,7-8H2,1H3. The summed E-state index contributed by atoms with van der Waals surface area (Å²) >= 11 is 0. The summed E-state index contributed by atoms with van der Waals surface area (Å²) in [5.74, 6) is -7.93. The Bertz CT molecular complexity index is 1050. The van der Waals surface area contributed by atoms with Gasteiger partial charge in [0, 0.05) is 18.6 Å². The van der Waals surface area contributed by atoms with Crippen LogP contribution >= 0.6 is 0 Å². The van der Waals surface area contributed by atoms with E-state index in [9.17, 15) is 30.7 Å². The Kier molecular flexibility index (Phi) is 6.96. The highest BCUT2D eigenvalue weighted by Gasteiger charge is 2.41. The fraction of sp³-hybridized carbons (Fsp3) is 0.217. The molecule has 0 saturated heterocycles. The first-order valence-corrected chi connectivity index (χ1v) is 9.43. The summed E-state index contributed by atoms with van der Waals surface area (Å²) in [4.78, 5) is 0. The van der Waals surface area contributed by atoms with Crippen molar-refractivity contribution in [2.24, 2.45) is 0 Å². The first-order chi connectivity index (χ1) is 15.1. The highest BCUT2D eigenvalue weighted by atomic mass is 19.3. The molecule has 9 heteroatoms. The molecule has 0 fully saturated rings. The van der Waals surface area contributed by atoms with Crippen LogP contribution in [0.4, 0.5) is 30.7 Å². The first-order valence-electron chi connectivity index (χ1n) is 9.43. The largest absolute Gasteiger partial charge is 0.488 e. The maximum atomic E-state index is 14.5. The van der Waals surface area contributed by atoms with Crippen molar-refractivity contribution in [3.63, 3.8) is 0 Å². The summed E-state index contributed by atoms with van der Waals surface area (Å²) in [5.41, 5.74) is -0.398. The minimum absolute atomic E-state index is 0.0198. The fourth-order valence-corrected chi connectivity index (χ4v) is 2.93. The molecule has 3 aromatic carbocycles. The molecule has 0 bridgehead atoms. The van der Waals surface area contributed by atoms with Crippen molar-refractivity contribution in [2.75, 3.05) is 13.3 Å². The second kappa shape index (κ2) is 9.50. The second-order valence-corrected chi connectivity index (χ2v) is 6.91. The summed E-state index contributed by atoms with van der Waals surface area (Å²) in [7, 11) is 0. The Morgan fingerprint density at radius 2 is 1.34 bits per heavy atom.